The summed E-state index contributed by atoms with van der Waals surface area (Å²) >= 11 is 5.30. The molecule has 0 amide bonds. The largest absolute Gasteiger partial charge is 0.497 e. The van der Waals surface area contributed by atoms with Crippen LogP contribution in [0.5, 0.6) is 11.5 Å². The Morgan fingerprint density at radius 1 is 1.07 bits per heavy atom. The Hall–Kier alpha value is -2.36. The molecule has 0 heterocycles. The quantitative estimate of drug-likeness (QED) is 0.680. The van der Waals surface area contributed by atoms with Crippen LogP contribution in [0.15, 0.2) is 47.4 Å². The number of nitrogens with zero attached hydrogens (tertiary/aromatic N) is 1. The molecule has 7 nitrogen and oxygen atoms in total. The van der Waals surface area contributed by atoms with E-state index >= 15 is 0 Å². The third kappa shape index (κ3) is 5.31. The molecule has 2 rings (SSSR count). The summed E-state index contributed by atoms with van der Waals surface area (Å²) < 4.78 is 36.4. The average molecular weight is 410 g/mol. The molecule has 0 aliphatic heterocycles. The molecule has 0 spiro atoms. The smallest absolute Gasteiger partial charge is 0.246 e. The number of hydrogen-bond acceptors (Lipinski definition) is 5. The van der Waals surface area contributed by atoms with Gasteiger partial charge in [-0.25, -0.2) is 12.7 Å². The van der Waals surface area contributed by atoms with Crippen LogP contribution in [0.3, 0.4) is 0 Å². The molecule has 27 heavy (non-hydrogen) atoms. The molecular weight excluding hydrogens is 386 g/mol. The van der Waals surface area contributed by atoms with E-state index in [0.29, 0.717) is 17.3 Å². The van der Waals surface area contributed by atoms with Gasteiger partial charge in [-0.1, -0.05) is 12.1 Å². The zero-order valence-corrected chi connectivity index (χ0v) is 17.3. The maximum Gasteiger partial charge on any atom is 0.246 e. The highest BCUT2D eigenvalue weighted by Gasteiger charge is 2.22. The van der Waals surface area contributed by atoms with E-state index in [1.54, 1.807) is 19.2 Å². The number of anilines is 1. The fourth-order valence-electron chi connectivity index (χ4n) is 2.25. The van der Waals surface area contributed by atoms with Crippen LogP contribution in [0.2, 0.25) is 0 Å². The third-order valence-corrected chi connectivity index (χ3v) is 5.87. The molecule has 0 bridgehead atoms. The van der Waals surface area contributed by atoms with Crippen LogP contribution in [0, 0.1) is 0 Å². The number of nitrogens with one attached hydrogen (secondary N) is 2. The molecule has 0 aromatic heterocycles. The summed E-state index contributed by atoms with van der Waals surface area (Å²) in [7, 11) is 2.34. The number of methoxy groups -OCH3 is 2. The van der Waals surface area contributed by atoms with Gasteiger partial charge in [0.2, 0.25) is 10.0 Å². The van der Waals surface area contributed by atoms with Crippen LogP contribution in [0.4, 0.5) is 5.69 Å². The molecule has 0 saturated carbocycles. The first-order chi connectivity index (χ1) is 12.8. The molecule has 146 valence electrons. The molecular formula is C18H23N3O4S2. The number of thiocarbonyl (C=S) groups is 1. The maximum atomic E-state index is 12.5. The van der Waals surface area contributed by atoms with E-state index in [9.17, 15) is 8.42 Å². The summed E-state index contributed by atoms with van der Waals surface area (Å²) in [6.07, 6.45) is 0. The lowest BCUT2D eigenvalue weighted by Crippen LogP contribution is -2.28. The van der Waals surface area contributed by atoms with E-state index < -0.39 is 10.0 Å². The minimum absolute atomic E-state index is 0.0676. The third-order valence-electron chi connectivity index (χ3n) is 3.79. The first-order valence-corrected chi connectivity index (χ1v) is 9.91. The average Bonchev–Trinajstić information content (AvgIpc) is 2.66. The predicted octanol–water partition coefficient (Wildman–Crippen LogP) is 2.44. The fraction of sp³-hybridized carbons (Fsp3) is 0.278. The van der Waals surface area contributed by atoms with Gasteiger partial charge in [0.05, 0.1) is 14.2 Å². The molecule has 9 heteroatoms. The van der Waals surface area contributed by atoms with Crippen molar-refractivity contribution in [1.29, 1.82) is 0 Å². The standard InChI is InChI=1S/C18H23N3O4S2/c1-21(2)27(22,23)17-11-14(7-10-16(17)25-4)20-18(26)19-12-13-5-8-15(24-3)9-6-13/h5-11H,12H2,1-4H3,(H2,19,20,26). The predicted molar refractivity (Wildman–Crippen MR) is 110 cm³/mol. The Bertz CT molecular complexity index is 897. The van der Waals surface area contributed by atoms with E-state index in [1.165, 1.54) is 27.3 Å². The van der Waals surface area contributed by atoms with Gasteiger partial charge < -0.3 is 20.1 Å². The van der Waals surface area contributed by atoms with Gasteiger partial charge >= 0.3 is 0 Å². The number of sulfonamides is 1. The summed E-state index contributed by atoms with van der Waals surface area (Å²) in [5.41, 5.74) is 1.58. The molecule has 2 aromatic carbocycles. The lowest BCUT2D eigenvalue weighted by Gasteiger charge is -2.16. The van der Waals surface area contributed by atoms with Crippen molar-refractivity contribution in [2.45, 2.75) is 11.4 Å². The normalized spacial score (nSPS) is 11.1. The second kappa shape index (κ2) is 9.03. The lowest BCUT2D eigenvalue weighted by molar-refractivity contribution is 0.400. The van der Waals surface area contributed by atoms with E-state index in [-0.39, 0.29) is 10.6 Å². The minimum Gasteiger partial charge on any atom is -0.497 e. The highest BCUT2D eigenvalue weighted by Crippen LogP contribution is 2.28. The number of ether oxygens (including phenoxy) is 2. The van der Waals surface area contributed by atoms with Gasteiger partial charge in [0.25, 0.3) is 0 Å². The molecule has 0 unspecified atom stereocenters. The van der Waals surface area contributed by atoms with Crippen LogP contribution < -0.4 is 20.1 Å². The molecule has 2 aromatic rings. The van der Waals surface area contributed by atoms with Crippen molar-refractivity contribution in [3.05, 3.63) is 48.0 Å². The Morgan fingerprint density at radius 3 is 2.30 bits per heavy atom. The number of rotatable bonds is 7. The van der Waals surface area contributed by atoms with Crippen LogP contribution in [0.25, 0.3) is 0 Å². The summed E-state index contributed by atoms with van der Waals surface area (Å²) in [5, 5.41) is 6.46. The first kappa shape index (κ1) is 20.9. The van der Waals surface area contributed by atoms with Gasteiger partial charge in [-0.05, 0) is 48.1 Å². The summed E-state index contributed by atoms with van der Waals surface area (Å²) in [4.78, 5) is 0.0676. The minimum atomic E-state index is -3.65. The zero-order valence-electron chi connectivity index (χ0n) is 15.6. The van der Waals surface area contributed by atoms with Crippen molar-refractivity contribution in [2.24, 2.45) is 0 Å². The van der Waals surface area contributed by atoms with Crippen molar-refractivity contribution in [2.75, 3.05) is 33.6 Å². The lowest BCUT2D eigenvalue weighted by atomic mass is 10.2. The summed E-state index contributed by atoms with van der Waals surface area (Å²) in [5.74, 6) is 1.05. The number of hydrogen-bond donors (Lipinski definition) is 2. The summed E-state index contributed by atoms with van der Waals surface area (Å²) in [6, 6.07) is 12.4. The van der Waals surface area contributed by atoms with Crippen LogP contribution >= 0.6 is 12.2 Å². The molecule has 0 saturated heterocycles. The second-order valence-electron chi connectivity index (χ2n) is 5.81. The zero-order chi connectivity index (χ0) is 20.0. The second-order valence-corrected chi connectivity index (χ2v) is 8.34. The van der Waals surface area contributed by atoms with Gasteiger partial charge in [-0.15, -0.1) is 0 Å². The Balaban J connectivity index is 2.08. The van der Waals surface area contributed by atoms with Crippen molar-refractivity contribution < 1.29 is 17.9 Å². The highest BCUT2D eigenvalue weighted by molar-refractivity contribution is 7.89. The fourth-order valence-corrected chi connectivity index (χ4v) is 3.52. The van der Waals surface area contributed by atoms with Crippen LogP contribution in [-0.4, -0.2) is 46.2 Å². The van der Waals surface area contributed by atoms with E-state index in [1.807, 2.05) is 24.3 Å². The SMILES string of the molecule is COc1ccc(CNC(=S)Nc2ccc(OC)c(S(=O)(=O)N(C)C)c2)cc1. The van der Waals surface area contributed by atoms with Gasteiger partial charge in [-0.3, -0.25) is 0 Å². The van der Waals surface area contributed by atoms with Crippen LogP contribution in [0.1, 0.15) is 5.56 Å². The molecule has 0 atom stereocenters. The molecule has 0 aliphatic carbocycles. The van der Waals surface area contributed by atoms with E-state index in [0.717, 1.165) is 15.6 Å². The topological polar surface area (TPSA) is 79.9 Å². The van der Waals surface area contributed by atoms with Crippen molar-refractivity contribution in [3.8, 4) is 11.5 Å². The van der Waals surface area contributed by atoms with Gasteiger partial charge in [0.15, 0.2) is 5.11 Å². The van der Waals surface area contributed by atoms with Crippen molar-refractivity contribution in [1.82, 2.24) is 9.62 Å². The van der Waals surface area contributed by atoms with E-state index in [2.05, 4.69) is 10.6 Å². The van der Waals surface area contributed by atoms with Gasteiger partial charge in [0, 0.05) is 26.3 Å². The summed E-state index contributed by atoms with van der Waals surface area (Å²) in [6.45, 7) is 0.523. The van der Waals surface area contributed by atoms with Gasteiger partial charge in [0.1, 0.15) is 16.4 Å². The maximum absolute atomic E-state index is 12.5. The monoisotopic (exact) mass is 409 g/mol. The Morgan fingerprint density at radius 2 is 1.74 bits per heavy atom. The van der Waals surface area contributed by atoms with E-state index in [4.69, 9.17) is 21.7 Å². The Labute approximate surface area is 165 Å². The number of benzene rings is 2. The Kier molecular flexibility index (Phi) is 7.00. The van der Waals surface area contributed by atoms with Crippen molar-refractivity contribution >= 4 is 33.0 Å². The highest BCUT2D eigenvalue weighted by atomic mass is 32.2. The molecule has 2 N–H and O–H groups in total. The van der Waals surface area contributed by atoms with Crippen LogP contribution in [-0.2, 0) is 16.6 Å². The molecule has 0 radical (unpaired) electrons. The van der Waals surface area contributed by atoms with Crippen molar-refractivity contribution in [3.63, 3.8) is 0 Å². The molecule has 0 aliphatic rings. The first-order valence-electron chi connectivity index (χ1n) is 8.06. The van der Waals surface area contributed by atoms with Gasteiger partial charge in [-0.2, -0.15) is 0 Å². The molecule has 0 fully saturated rings.